The Morgan fingerprint density at radius 2 is 1.62 bits per heavy atom. The van der Waals surface area contributed by atoms with Crippen molar-refractivity contribution in [3.63, 3.8) is 0 Å². The standard InChI is InChI=1S/C15H11Cl2NO3/c1-21-15(20)10-7-5-9(6-8-10)14(19)18-12-4-2-3-11(16)13(12)17/h2-8H,1H3,(H,18,19). The normalized spacial score (nSPS) is 10.0. The Balaban J connectivity index is 2.17. The number of amides is 1. The van der Waals surface area contributed by atoms with Crippen molar-refractivity contribution in [1.82, 2.24) is 0 Å². The number of anilines is 1. The Bertz CT molecular complexity index is 684. The molecular weight excluding hydrogens is 313 g/mol. The van der Waals surface area contributed by atoms with Gasteiger partial charge in [-0.25, -0.2) is 4.79 Å². The topological polar surface area (TPSA) is 55.4 Å². The average molecular weight is 324 g/mol. The highest BCUT2D eigenvalue weighted by Crippen LogP contribution is 2.29. The summed E-state index contributed by atoms with van der Waals surface area (Å²) in [6, 6.07) is 11.0. The summed E-state index contributed by atoms with van der Waals surface area (Å²) in [5.41, 5.74) is 1.18. The number of carbonyl (C=O) groups is 2. The van der Waals surface area contributed by atoms with E-state index < -0.39 is 5.97 Å². The van der Waals surface area contributed by atoms with Crippen LogP contribution in [0.1, 0.15) is 20.7 Å². The van der Waals surface area contributed by atoms with E-state index in [0.717, 1.165) is 0 Å². The van der Waals surface area contributed by atoms with E-state index in [1.54, 1.807) is 18.2 Å². The molecule has 0 aliphatic heterocycles. The molecule has 0 aromatic heterocycles. The summed E-state index contributed by atoms with van der Waals surface area (Å²) in [6.45, 7) is 0. The van der Waals surface area contributed by atoms with Gasteiger partial charge < -0.3 is 10.1 Å². The van der Waals surface area contributed by atoms with Crippen LogP contribution in [0.25, 0.3) is 0 Å². The van der Waals surface area contributed by atoms with Gasteiger partial charge in [0.25, 0.3) is 5.91 Å². The number of hydrogen-bond donors (Lipinski definition) is 1. The van der Waals surface area contributed by atoms with E-state index in [1.807, 2.05) is 0 Å². The summed E-state index contributed by atoms with van der Waals surface area (Å²) < 4.78 is 4.59. The maximum Gasteiger partial charge on any atom is 0.337 e. The van der Waals surface area contributed by atoms with Gasteiger partial charge >= 0.3 is 5.97 Å². The van der Waals surface area contributed by atoms with E-state index in [9.17, 15) is 9.59 Å². The van der Waals surface area contributed by atoms with Crippen molar-refractivity contribution in [1.29, 1.82) is 0 Å². The molecular formula is C15H11Cl2NO3. The van der Waals surface area contributed by atoms with Crippen molar-refractivity contribution in [2.45, 2.75) is 0 Å². The van der Waals surface area contributed by atoms with E-state index in [1.165, 1.54) is 31.4 Å². The lowest BCUT2D eigenvalue weighted by atomic mass is 10.1. The second kappa shape index (κ2) is 6.61. The van der Waals surface area contributed by atoms with Crippen molar-refractivity contribution in [3.05, 3.63) is 63.6 Å². The number of ether oxygens (including phenoxy) is 1. The first-order chi connectivity index (χ1) is 10.0. The third-order valence-corrected chi connectivity index (χ3v) is 3.59. The van der Waals surface area contributed by atoms with Crippen LogP contribution in [-0.4, -0.2) is 19.0 Å². The second-order valence-electron chi connectivity index (χ2n) is 4.12. The lowest BCUT2D eigenvalue weighted by molar-refractivity contribution is 0.0600. The molecule has 0 aliphatic carbocycles. The van der Waals surface area contributed by atoms with Gasteiger partial charge in [-0.2, -0.15) is 0 Å². The predicted octanol–water partition coefficient (Wildman–Crippen LogP) is 4.03. The minimum atomic E-state index is -0.458. The number of carbonyl (C=O) groups excluding carboxylic acids is 2. The van der Waals surface area contributed by atoms with Gasteiger partial charge in [-0.15, -0.1) is 0 Å². The average Bonchev–Trinajstić information content (AvgIpc) is 2.51. The van der Waals surface area contributed by atoms with Crippen LogP contribution in [0.5, 0.6) is 0 Å². The fourth-order valence-electron chi connectivity index (χ4n) is 1.67. The van der Waals surface area contributed by atoms with Crippen molar-refractivity contribution in [2.75, 3.05) is 12.4 Å². The van der Waals surface area contributed by atoms with Gasteiger partial charge in [0.15, 0.2) is 0 Å². The number of benzene rings is 2. The van der Waals surface area contributed by atoms with Crippen LogP contribution in [0.4, 0.5) is 5.69 Å². The molecule has 0 spiro atoms. The molecule has 0 atom stereocenters. The van der Waals surface area contributed by atoms with E-state index in [0.29, 0.717) is 21.8 Å². The van der Waals surface area contributed by atoms with Crippen molar-refractivity contribution >= 4 is 40.8 Å². The number of nitrogens with one attached hydrogen (secondary N) is 1. The minimum Gasteiger partial charge on any atom is -0.465 e. The van der Waals surface area contributed by atoms with Crippen molar-refractivity contribution in [2.24, 2.45) is 0 Å². The zero-order valence-electron chi connectivity index (χ0n) is 11.0. The summed E-state index contributed by atoms with van der Waals surface area (Å²) in [4.78, 5) is 23.4. The molecule has 2 rings (SSSR count). The molecule has 2 aromatic rings. The molecule has 0 radical (unpaired) electrons. The molecule has 1 N–H and O–H groups in total. The minimum absolute atomic E-state index is 0.277. The SMILES string of the molecule is COC(=O)c1ccc(C(=O)Nc2cccc(Cl)c2Cl)cc1. The maximum atomic E-state index is 12.1. The predicted molar refractivity (Wildman–Crippen MR) is 82.2 cm³/mol. The van der Waals surface area contributed by atoms with Crippen molar-refractivity contribution < 1.29 is 14.3 Å². The summed E-state index contributed by atoms with van der Waals surface area (Å²) >= 11 is 11.9. The van der Waals surface area contributed by atoms with Crippen LogP contribution in [0.3, 0.4) is 0 Å². The largest absolute Gasteiger partial charge is 0.465 e. The maximum absolute atomic E-state index is 12.1. The molecule has 0 saturated heterocycles. The van der Waals surface area contributed by atoms with Gasteiger partial charge in [0.2, 0.25) is 0 Å². The molecule has 2 aromatic carbocycles. The lowest BCUT2D eigenvalue weighted by Crippen LogP contribution is -2.12. The Morgan fingerprint density at radius 1 is 1.00 bits per heavy atom. The smallest absolute Gasteiger partial charge is 0.337 e. The molecule has 21 heavy (non-hydrogen) atoms. The number of halogens is 2. The molecule has 0 unspecified atom stereocenters. The number of rotatable bonds is 3. The van der Waals surface area contributed by atoms with Crippen LogP contribution < -0.4 is 5.32 Å². The lowest BCUT2D eigenvalue weighted by Gasteiger charge is -2.08. The molecule has 6 heteroatoms. The van der Waals surface area contributed by atoms with E-state index in [4.69, 9.17) is 23.2 Å². The van der Waals surface area contributed by atoms with Crippen LogP contribution in [0, 0.1) is 0 Å². The number of esters is 1. The monoisotopic (exact) mass is 323 g/mol. The quantitative estimate of drug-likeness (QED) is 0.867. The number of methoxy groups -OCH3 is 1. The highest BCUT2D eigenvalue weighted by molar-refractivity contribution is 6.44. The van der Waals surface area contributed by atoms with Gasteiger partial charge in [-0.1, -0.05) is 29.3 Å². The van der Waals surface area contributed by atoms with Crippen molar-refractivity contribution in [3.8, 4) is 0 Å². The second-order valence-corrected chi connectivity index (χ2v) is 4.91. The molecule has 108 valence electrons. The first kappa shape index (κ1) is 15.4. The molecule has 1 amide bonds. The van der Waals surface area contributed by atoms with Crippen LogP contribution in [0.2, 0.25) is 10.0 Å². The molecule has 0 bridgehead atoms. The van der Waals surface area contributed by atoms with E-state index in [2.05, 4.69) is 10.1 Å². The van der Waals surface area contributed by atoms with Crippen LogP contribution in [-0.2, 0) is 4.74 Å². The molecule has 0 saturated carbocycles. The first-order valence-electron chi connectivity index (χ1n) is 5.96. The molecule has 0 fully saturated rings. The van der Waals surface area contributed by atoms with Gasteiger partial charge in [0, 0.05) is 5.56 Å². The fourth-order valence-corrected chi connectivity index (χ4v) is 2.02. The zero-order valence-corrected chi connectivity index (χ0v) is 12.5. The van der Waals surface area contributed by atoms with Gasteiger partial charge in [0.05, 0.1) is 28.4 Å². The van der Waals surface area contributed by atoms with Gasteiger partial charge in [0.1, 0.15) is 0 Å². The highest BCUT2D eigenvalue weighted by atomic mass is 35.5. The first-order valence-corrected chi connectivity index (χ1v) is 6.72. The van der Waals surface area contributed by atoms with Gasteiger partial charge in [-0.3, -0.25) is 4.79 Å². The zero-order chi connectivity index (χ0) is 15.4. The Hall–Kier alpha value is -2.04. The summed E-state index contributed by atoms with van der Waals surface area (Å²) in [5.74, 6) is -0.810. The van der Waals surface area contributed by atoms with Crippen LogP contribution >= 0.6 is 23.2 Å². The highest BCUT2D eigenvalue weighted by Gasteiger charge is 2.11. The van der Waals surface area contributed by atoms with E-state index in [-0.39, 0.29) is 10.9 Å². The summed E-state index contributed by atoms with van der Waals surface area (Å²) in [7, 11) is 1.30. The Morgan fingerprint density at radius 3 is 2.24 bits per heavy atom. The molecule has 0 aliphatic rings. The van der Waals surface area contributed by atoms with E-state index >= 15 is 0 Å². The van der Waals surface area contributed by atoms with Gasteiger partial charge in [-0.05, 0) is 36.4 Å². The Labute approximate surface area is 131 Å². The number of hydrogen-bond acceptors (Lipinski definition) is 3. The third-order valence-electron chi connectivity index (χ3n) is 2.77. The summed E-state index contributed by atoms with van der Waals surface area (Å²) in [5, 5.41) is 3.29. The fraction of sp³-hybridized carbons (Fsp3) is 0.0667. The summed E-state index contributed by atoms with van der Waals surface area (Å²) in [6.07, 6.45) is 0. The van der Waals surface area contributed by atoms with Crippen LogP contribution in [0.15, 0.2) is 42.5 Å². The molecule has 4 nitrogen and oxygen atoms in total. The molecule has 0 heterocycles. The Kier molecular flexibility index (Phi) is 4.83. The third kappa shape index (κ3) is 3.54.